The number of amides is 1. The van der Waals surface area contributed by atoms with Gasteiger partial charge in [-0.2, -0.15) is 10.4 Å². The predicted molar refractivity (Wildman–Crippen MR) is 87.4 cm³/mol. The van der Waals surface area contributed by atoms with E-state index in [9.17, 15) is 4.79 Å². The molecule has 7 nitrogen and oxygen atoms in total. The van der Waals surface area contributed by atoms with Gasteiger partial charge in [-0.25, -0.2) is 14.6 Å². The first-order valence-corrected chi connectivity index (χ1v) is 8.06. The molecule has 7 heteroatoms. The monoisotopic (exact) mass is 324 g/mol. The molecule has 2 aromatic heterocycles. The number of likely N-dealkylation sites (tertiary alicyclic amines) is 1. The smallest absolute Gasteiger partial charge is 0.272 e. The van der Waals surface area contributed by atoms with Crippen LogP contribution in [0, 0.1) is 32.1 Å². The van der Waals surface area contributed by atoms with Crippen LogP contribution in [0.4, 0.5) is 0 Å². The highest BCUT2D eigenvalue weighted by Crippen LogP contribution is 2.23. The lowest BCUT2D eigenvalue weighted by Gasteiger charge is -2.33. The summed E-state index contributed by atoms with van der Waals surface area (Å²) in [5, 5.41) is 13.4. The third-order valence-corrected chi connectivity index (χ3v) is 4.36. The first-order valence-electron chi connectivity index (χ1n) is 8.06. The van der Waals surface area contributed by atoms with Crippen LogP contribution in [-0.2, 0) is 0 Å². The molecule has 124 valence electrons. The zero-order chi connectivity index (χ0) is 17.3. The van der Waals surface area contributed by atoms with Crippen molar-refractivity contribution in [2.24, 2.45) is 0 Å². The minimum atomic E-state index is -0.0956. The van der Waals surface area contributed by atoms with Gasteiger partial charge in [-0.3, -0.25) is 4.79 Å². The maximum absolute atomic E-state index is 12.8. The van der Waals surface area contributed by atoms with Gasteiger partial charge in [-0.1, -0.05) is 0 Å². The Hall–Kier alpha value is -2.75. The van der Waals surface area contributed by atoms with E-state index in [-0.39, 0.29) is 11.9 Å². The number of hydrogen-bond donors (Lipinski definition) is 0. The third kappa shape index (κ3) is 3.00. The molecule has 0 bridgehead atoms. The lowest BCUT2D eigenvalue weighted by Crippen LogP contribution is -2.41. The summed E-state index contributed by atoms with van der Waals surface area (Å²) < 4.78 is 1.92. The summed E-state index contributed by atoms with van der Waals surface area (Å²) in [6.45, 7) is 6.87. The second-order valence-corrected chi connectivity index (χ2v) is 6.14. The lowest BCUT2D eigenvalue weighted by molar-refractivity contribution is 0.0665. The second kappa shape index (κ2) is 6.40. The SMILES string of the molecule is Cc1nc(C)n([C@@H]2CCCN(C(=O)c3ccc(C#N)c(C)n3)C2)n1. The summed E-state index contributed by atoms with van der Waals surface area (Å²) in [5.74, 6) is 1.53. The molecule has 0 unspecified atom stereocenters. The molecule has 1 aliphatic rings. The minimum absolute atomic E-state index is 0.0956. The van der Waals surface area contributed by atoms with Crippen LogP contribution in [-0.4, -0.2) is 43.6 Å². The molecule has 0 saturated carbocycles. The number of hydrogen-bond acceptors (Lipinski definition) is 5. The molecule has 2 aromatic rings. The van der Waals surface area contributed by atoms with Gasteiger partial charge in [-0.15, -0.1) is 0 Å². The van der Waals surface area contributed by atoms with Gasteiger partial charge in [0.1, 0.15) is 23.4 Å². The van der Waals surface area contributed by atoms with Gasteiger partial charge >= 0.3 is 0 Å². The maximum Gasteiger partial charge on any atom is 0.272 e. The molecule has 3 heterocycles. The van der Waals surface area contributed by atoms with Crippen LogP contribution in [0.2, 0.25) is 0 Å². The highest BCUT2D eigenvalue weighted by molar-refractivity contribution is 5.92. The number of aromatic nitrogens is 4. The van der Waals surface area contributed by atoms with Crippen LogP contribution in [0.3, 0.4) is 0 Å². The Morgan fingerprint density at radius 1 is 1.29 bits per heavy atom. The van der Waals surface area contributed by atoms with Crippen molar-refractivity contribution in [1.29, 1.82) is 5.26 Å². The number of piperidine rings is 1. The zero-order valence-corrected chi connectivity index (χ0v) is 14.2. The lowest BCUT2D eigenvalue weighted by atomic mass is 10.1. The van der Waals surface area contributed by atoms with E-state index in [1.165, 1.54) is 0 Å². The van der Waals surface area contributed by atoms with E-state index in [0.717, 1.165) is 24.5 Å². The Balaban J connectivity index is 1.79. The Labute approximate surface area is 140 Å². The molecular weight excluding hydrogens is 304 g/mol. The summed E-state index contributed by atoms with van der Waals surface area (Å²) in [6, 6.07) is 5.50. The molecule has 0 radical (unpaired) electrons. The van der Waals surface area contributed by atoms with Crippen molar-refractivity contribution in [2.75, 3.05) is 13.1 Å². The number of nitrogens with zero attached hydrogens (tertiary/aromatic N) is 6. The van der Waals surface area contributed by atoms with Crippen LogP contribution < -0.4 is 0 Å². The van der Waals surface area contributed by atoms with E-state index >= 15 is 0 Å². The quantitative estimate of drug-likeness (QED) is 0.842. The Morgan fingerprint density at radius 3 is 2.71 bits per heavy atom. The number of carbonyl (C=O) groups is 1. The average Bonchev–Trinajstić information content (AvgIpc) is 2.92. The fraction of sp³-hybridized carbons (Fsp3) is 0.471. The van der Waals surface area contributed by atoms with Crippen molar-refractivity contribution < 1.29 is 4.79 Å². The molecule has 0 aromatic carbocycles. The highest BCUT2D eigenvalue weighted by atomic mass is 16.2. The van der Waals surface area contributed by atoms with Gasteiger partial charge in [0.2, 0.25) is 0 Å². The van der Waals surface area contributed by atoms with Gasteiger partial charge < -0.3 is 4.90 Å². The minimum Gasteiger partial charge on any atom is -0.335 e. The number of pyridine rings is 1. The van der Waals surface area contributed by atoms with E-state index in [0.29, 0.717) is 30.0 Å². The molecule has 1 aliphatic heterocycles. The van der Waals surface area contributed by atoms with Crippen molar-refractivity contribution in [2.45, 2.75) is 39.7 Å². The Morgan fingerprint density at radius 2 is 2.08 bits per heavy atom. The summed E-state index contributed by atoms with van der Waals surface area (Å²) >= 11 is 0. The number of aryl methyl sites for hydroxylation is 3. The summed E-state index contributed by atoms with van der Waals surface area (Å²) in [6.07, 6.45) is 1.90. The van der Waals surface area contributed by atoms with E-state index in [1.807, 2.05) is 23.4 Å². The van der Waals surface area contributed by atoms with Gasteiger partial charge in [0, 0.05) is 13.1 Å². The maximum atomic E-state index is 12.8. The van der Waals surface area contributed by atoms with E-state index in [4.69, 9.17) is 5.26 Å². The Bertz CT molecular complexity index is 819. The fourth-order valence-electron chi connectivity index (χ4n) is 3.18. The van der Waals surface area contributed by atoms with Crippen LogP contribution in [0.15, 0.2) is 12.1 Å². The van der Waals surface area contributed by atoms with E-state index in [2.05, 4.69) is 21.1 Å². The predicted octanol–water partition coefficient (Wildman–Crippen LogP) is 1.95. The first kappa shape index (κ1) is 16.1. The molecule has 0 spiro atoms. The summed E-state index contributed by atoms with van der Waals surface area (Å²) in [4.78, 5) is 23.2. The van der Waals surface area contributed by atoms with Crippen LogP contribution in [0.1, 0.15) is 52.3 Å². The number of carbonyl (C=O) groups excluding carboxylic acids is 1. The number of nitriles is 1. The fourth-order valence-corrected chi connectivity index (χ4v) is 3.18. The van der Waals surface area contributed by atoms with Crippen molar-refractivity contribution in [3.8, 4) is 6.07 Å². The molecule has 3 rings (SSSR count). The second-order valence-electron chi connectivity index (χ2n) is 6.14. The first-order chi connectivity index (χ1) is 11.5. The van der Waals surface area contributed by atoms with Gasteiger partial charge in [0.25, 0.3) is 5.91 Å². The van der Waals surface area contributed by atoms with Crippen molar-refractivity contribution >= 4 is 5.91 Å². The van der Waals surface area contributed by atoms with E-state index < -0.39 is 0 Å². The molecular formula is C17H20N6O. The van der Waals surface area contributed by atoms with Crippen LogP contribution >= 0.6 is 0 Å². The van der Waals surface area contributed by atoms with Gasteiger partial charge in [0.15, 0.2) is 0 Å². The molecule has 24 heavy (non-hydrogen) atoms. The van der Waals surface area contributed by atoms with Crippen molar-refractivity contribution in [3.05, 3.63) is 40.7 Å². The van der Waals surface area contributed by atoms with Gasteiger partial charge in [0.05, 0.1) is 17.3 Å². The molecule has 1 amide bonds. The summed E-state index contributed by atoms with van der Waals surface area (Å²) in [5.41, 5.74) is 1.47. The average molecular weight is 324 g/mol. The zero-order valence-electron chi connectivity index (χ0n) is 14.2. The normalized spacial score (nSPS) is 17.6. The van der Waals surface area contributed by atoms with Crippen LogP contribution in [0.5, 0.6) is 0 Å². The molecule has 1 saturated heterocycles. The Kier molecular flexibility index (Phi) is 4.30. The standard InChI is InChI=1S/C17H20N6O/c1-11-14(9-18)6-7-16(19-11)17(24)22-8-4-5-15(10-22)23-13(3)20-12(2)21-23/h6-7,15H,4-5,8,10H2,1-3H3/t15-/m1/s1. The topological polar surface area (TPSA) is 87.7 Å². The van der Waals surface area contributed by atoms with E-state index in [1.54, 1.807) is 19.1 Å². The third-order valence-electron chi connectivity index (χ3n) is 4.36. The summed E-state index contributed by atoms with van der Waals surface area (Å²) in [7, 11) is 0. The number of rotatable bonds is 2. The molecule has 1 atom stereocenters. The molecule has 1 fully saturated rings. The van der Waals surface area contributed by atoms with Crippen molar-refractivity contribution in [3.63, 3.8) is 0 Å². The van der Waals surface area contributed by atoms with Gasteiger partial charge in [-0.05, 0) is 45.7 Å². The van der Waals surface area contributed by atoms with Crippen molar-refractivity contribution in [1.82, 2.24) is 24.6 Å². The largest absolute Gasteiger partial charge is 0.335 e. The molecule has 0 aliphatic carbocycles. The molecule has 0 N–H and O–H groups in total. The van der Waals surface area contributed by atoms with Crippen LogP contribution in [0.25, 0.3) is 0 Å². The highest BCUT2D eigenvalue weighted by Gasteiger charge is 2.28.